The first-order valence-corrected chi connectivity index (χ1v) is 29.4. The third-order valence-corrected chi connectivity index (χ3v) is 21.7. The molecule has 1 N–H and O–H groups in total. The van der Waals surface area contributed by atoms with Crippen molar-refractivity contribution in [3.8, 4) is 0 Å². The number of ether oxygens (including phenoxy) is 6. The molecule has 0 radical (unpaired) electrons. The molecule has 0 spiro atoms. The number of hydrogen-bond donors (Lipinski definition) is 1. The standard InChI is InChI=1S/C15H22O2.C14H20O2.C13H18O3.C11H12O4.C10H16O2/c1-3-14(16)17-15(4-2)12-6-10-5-11(8-12)9-13(15)7-10;1-3-13(15)16-14(2)11-5-9-4-10(7-11)8-12(14)6-9;1-2-11(14)16-13-6-9-3-10(7-13)5-12(15,4-9)8-13;1-2-8(12)14-9-5-3-6-7(4-5)11(13)15-10(6)9;1-3-9(11)12-10(4-2)7-5-6-8-10/h3,10-13H,1,4-9H2,2H3;3,9-12H,1,4-8H2,2H3;2,9-10,15H,1,3-8H2;2,5-7,9-10H,1,3-4H2;3H,1,4-8H2,2H3. The maximum Gasteiger partial charge on any atom is 0.330 e. The molecule has 13 nitrogen and oxygen atoms in total. The van der Waals surface area contributed by atoms with Crippen LogP contribution >= 0.6 is 0 Å². The molecule has 1 saturated heterocycles. The molecule has 16 aliphatic rings. The highest BCUT2D eigenvalue weighted by Gasteiger charge is 2.64. The molecular weight excluding hydrogens is 965 g/mol. The number of hydrogen-bond acceptors (Lipinski definition) is 13. The van der Waals surface area contributed by atoms with Crippen molar-refractivity contribution in [2.75, 3.05) is 0 Å². The summed E-state index contributed by atoms with van der Waals surface area (Å²) < 4.78 is 32.9. The van der Waals surface area contributed by atoms with Crippen LogP contribution in [0.15, 0.2) is 63.3 Å². The largest absolute Gasteiger partial charge is 0.458 e. The smallest absolute Gasteiger partial charge is 0.330 e. The summed E-state index contributed by atoms with van der Waals surface area (Å²) in [7, 11) is 0. The van der Waals surface area contributed by atoms with Gasteiger partial charge in [0.15, 0.2) is 0 Å². The zero-order valence-electron chi connectivity index (χ0n) is 45.9. The summed E-state index contributed by atoms with van der Waals surface area (Å²) in [6, 6.07) is 0. The van der Waals surface area contributed by atoms with Gasteiger partial charge in [0.1, 0.15) is 34.6 Å². The van der Waals surface area contributed by atoms with E-state index in [0.717, 1.165) is 94.0 Å². The van der Waals surface area contributed by atoms with E-state index in [2.05, 4.69) is 53.7 Å². The first-order chi connectivity index (χ1) is 36.2. The third kappa shape index (κ3) is 11.2. The van der Waals surface area contributed by atoms with Crippen LogP contribution in [0.4, 0.5) is 0 Å². The Labute approximate surface area is 451 Å². The van der Waals surface area contributed by atoms with Crippen molar-refractivity contribution < 1.29 is 62.3 Å². The summed E-state index contributed by atoms with van der Waals surface area (Å²) in [5.41, 5.74) is -1.46. The monoisotopic (exact) mass is 1050 g/mol. The second kappa shape index (κ2) is 22.3. The van der Waals surface area contributed by atoms with Gasteiger partial charge < -0.3 is 33.5 Å². The molecule has 1 aliphatic heterocycles. The van der Waals surface area contributed by atoms with Crippen molar-refractivity contribution in [3.63, 3.8) is 0 Å². The molecular formula is C63H88O13. The molecule has 0 aromatic carbocycles. The number of esters is 6. The Morgan fingerprint density at radius 3 is 1.50 bits per heavy atom. The van der Waals surface area contributed by atoms with Gasteiger partial charge in [-0.3, -0.25) is 4.79 Å². The lowest BCUT2D eigenvalue weighted by atomic mass is 9.49. The molecule has 1 heterocycles. The van der Waals surface area contributed by atoms with E-state index in [-0.39, 0.29) is 76.3 Å². The molecule has 15 saturated carbocycles. The van der Waals surface area contributed by atoms with Crippen molar-refractivity contribution in [3.05, 3.63) is 63.3 Å². The highest BCUT2D eigenvalue weighted by atomic mass is 16.6. The fraction of sp³-hybridized carbons (Fsp3) is 0.746. The van der Waals surface area contributed by atoms with Crippen LogP contribution in [0, 0.1) is 76.9 Å². The van der Waals surface area contributed by atoms with Crippen LogP contribution in [0.2, 0.25) is 0 Å². The lowest BCUT2D eigenvalue weighted by Crippen LogP contribution is -2.60. The van der Waals surface area contributed by atoms with Crippen molar-refractivity contribution in [2.24, 2.45) is 76.9 Å². The summed E-state index contributed by atoms with van der Waals surface area (Å²) in [4.78, 5) is 68.0. The topological polar surface area (TPSA) is 178 Å². The Kier molecular flexibility index (Phi) is 16.5. The summed E-state index contributed by atoms with van der Waals surface area (Å²) in [5, 5.41) is 10.4. The maximum atomic E-state index is 11.6. The van der Waals surface area contributed by atoms with Crippen LogP contribution in [-0.2, 0) is 57.2 Å². The normalized spacial score (nSPS) is 43.3. The van der Waals surface area contributed by atoms with E-state index in [9.17, 15) is 33.9 Å². The van der Waals surface area contributed by atoms with Crippen molar-refractivity contribution >= 4 is 35.8 Å². The highest BCUT2D eigenvalue weighted by Crippen LogP contribution is 2.62. The Balaban J connectivity index is 0.000000117. The molecule has 13 heteroatoms. The second-order valence-electron chi connectivity index (χ2n) is 26.2. The molecule has 0 aromatic heterocycles. The van der Waals surface area contributed by atoms with Gasteiger partial charge >= 0.3 is 35.8 Å². The molecule has 0 aromatic rings. The lowest BCUT2D eigenvalue weighted by Gasteiger charge is -2.60. The van der Waals surface area contributed by atoms with Crippen LogP contribution in [0.1, 0.15) is 175 Å². The summed E-state index contributed by atoms with van der Waals surface area (Å²) in [6.07, 6.45) is 32.5. The van der Waals surface area contributed by atoms with Gasteiger partial charge in [-0.25, -0.2) is 24.0 Å². The minimum atomic E-state index is -0.564. The predicted octanol–water partition coefficient (Wildman–Crippen LogP) is 11.2. The van der Waals surface area contributed by atoms with Gasteiger partial charge in [0, 0.05) is 48.6 Å². The van der Waals surface area contributed by atoms with Crippen molar-refractivity contribution in [2.45, 2.75) is 215 Å². The molecule has 418 valence electrons. The highest BCUT2D eigenvalue weighted by molar-refractivity contribution is 5.83. The van der Waals surface area contributed by atoms with Gasteiger partial charge in [-0.2, -0.15) is 0 Å². The molecule has 15 aliphatic carbocycles. The van der Waals surface area contributed by atoms with Crippen molar-refractivity contribution in [1.29, 1.82) is 0 Å². The van der Waals surface area contributed by atoms with Gasteiger partial charge in [0.25, 0.3) is 0 Å². The Morgan fingerprint density at radius 1 is 0.566 bits per heavy atom. The third-order valence-electron chi connectivity index (χ3n) is 21.7. The van der Waals surface area contributed by atoms with E-state index in [1.54, 1.807) is 0 Å². The molecule has 16 rings (SSSR count). The van der Waals surface area contributed by atoms with Gasteiger partial charge in [0.2, 0.25) is 0 Å². The van der Waals surface area contributed by atoms with Gasteiger partial charge in [-0.05, 0) is 214 Å². The maximum absolute atomic E-state index is 11.6. The second-order valence-corrected chi connectivity index (χ2v) is 26.2. The molecule has 16 fully saturated rings. The lowest BCUT2D eigenvalue weighted by molar-refractivity contribution is -0.216. The molecule has 7 unspecified atom stereocenters. The quantitative estimate of drug-likeness (QED) is 0.111. The number of aliphatic hydroxyl groups is 1. The van der Waals surface area contributed by atoms with Crippen LogP contribution in [0.5, 0.6) is 0 Å². The van der Waals surface area contributed by atoms with E-state index in [1.807, 2.05) is 0 Å². The van der Waals surface area contributed by atoms with E-state index >= 15 is 0 Å². The Morgan fingerprint density at radius 2 is 1.03 bits per heavy atom. The first-order valence-electron chi connectivity index (χ1n) is 29.4. The average Bonchev–Trinajstić information content (AvgIpc) is 4.20. The fourth-order valence-electron chi connectivity index (χ4n) is 19.1. The summed E-state index contributed by atoms with van der Waals surface area (Å²) in [6.45, 7) is 23.6. The number of carbonyl (C=O) groups is 6. The number of carbonyl (C=O) groups excluding carboxylic acids is 6. The SMILES string of the molecule is C=CC(=O)OC1(C)C2CC3CC(C2)CC1C3.C=CC(=O)OC1(CC)C2CC3CC(C2)CC1C3.C=CC(=O)OC1(CC)CCCC1.C=CC(=O)OC12CC3CC(CC(O)(C3)C1)C2.C=CC(=O)OC1C2CC3C(=O)OC1C3C2. The number of rotatable bonds is 12. The summed E-state index contributed by atoms with van der Waals surface area (Å²) in [5.74, 6) is 6.24. The van der Waals surface area contributed by atoms with Crippen LogP contribution < -0.4 is 0 Å². The molecule has 76 heavy (non-hydrogen) atoms. The van der Waals surface area contributed by atoms with E-state index < -0.39 is 11.6 Å². The van der Waals surface area contributed by atoms with Gasteiger partial charge in [-0.15, -0.1) is 0 Å². The Hall–Kier alpha value is -4.52. The van der Waals surface area contributed by atoms with Gasteiger partial charge in [0.05, 0.1) is 11.5 Å². The molecule has 14 bridgehead atoms. The summed E-state index contributed by atoms with van der Waals surface area (Å²) >= 11 is 0. The molecule has 0 amide bonds. The first kappa shape index (κ1) is 56.2. The average molecular weight is 1050 g/mol. The zero-order valence-corrected chi connectivity index (χ0v) is 45.9. The van der Waals surface area contributed by atoms with Crippen LogP contribution in [0.25, 0.3) is 0 Å². The molecule has 7 atom stereocenters. The van der Waals surface area contributed by atoms with E-state index in [4.69, 9.17) is 28.4 Å². The van der Waals surface area contributed by atoms with Crippen molar-refractivity contribution in [1.82, 2.24) is 0 Å². The minimum absolute atomic E-state index is 0.0682. The predicted molar refractivity (Wildman–Crippen MR) is 284 cm³/mol. The van der Waals surface area contributed by atoms with E-state index in [0.29, 0.717) is 47.8 Å². The fourth-order valence-corrected chi connectivity index (χ4v) is 19.1. The van der Waals surface area contributed by atoms with Crippen LogP contribution in [0.3, 0.4) is 0 Å². The van der Waals surface area contributed by atoms with Crippen LogP contribution in [-0.4, -0.2) is 81.1 Å². The number of fused-ring (bicyclic) bond motifs is 1. The van der Waals surface area contributed by atoms with E-state index in [1.165, 1.54) is 108 Å². The minimum Gasteiger partial charge on any atom is -0.458 e. The Bertz CT molecular complexity index is 2200. The van der Waals surface area contributed by atoms with Gasteiger partial charge in [-0.1, -0.05) is 46.7 Å². The zero-order chi connectivity index (χ0) is 54.4.